The highest BCUT2D eigenvalue weighted by molar-refractivity contribution is 6.08. The summed E-state index contributed by atoms with van der Waals surface area (Å²) in [5.74, 6) is 0.0992. The van der Waals surface area contributed by atoms with E-state index in [2.05, 4.69) is 16.5 Å². The van der Waals surface area contributed by atoms with Gasteiger partial charge in [0.25, 0.3) is 11.6 Å². The zero-order valence-corrected chi connectivity index (χ0v) is 17.2. The maximum atomic E-state index is 13.2. The minimum Gasteiger partial charge on any atom is -0.378 e. The van der Waals surface area contributed by atoms with E-state index in [0.29, 0.717) is 44.4 Å². The molecule has 4 rings (SSSR count). The fourth-order valence-electron chi connectivity index (χ4n) is 3.63. The highest BCUT2D eigenvalue weighted by Crippen LogP contribution is 2.27. The van der Waals surface area contributed by atoms with E-state index in [1.165, 1.54) is 12.1 Å². The number of nitro groups is 1. The van der Waals surface area contributed by atoms with Gasteiger partial charge in [0.1, 0.15) is 5.82 Å². The molecule has 0 atom stereocenters. The highest BCUT2D eigenvalue weighted by atomic mass is 16.6. The van der Waals surface area contributed by atoms with Crippen LogP contribution in [0, 0.1) is 17.0 Å². The average molecular weight is 421 g/mol. The predicted molar refractivity (Wildman–Crippen MR) is 117 cm³/mol. The van der Waals surface area contributed by atoms with Gasteiger partial charge in [-0.25, -0.2) is 4.68 Å². The zero-order chi connectivity index (χ0) is 21.8. The van der Waals surface area contributed by atoms with Crippen molar-refractivity contribution in [1.29, 1.82) is 0 Å². The number of anilines is 2. The van der Waals surface area contributed by atoms with E-state index in [9.17, 15) is 14.9 Å². The molecule has 31 heavy (non-hydrogen) atoms. The molecule has 2 heterocycles. The normalized spacial score (nSPS) is 13.8. The number of rotatable bonds is 6. The molecule has 0 bridgehead atoms. The lowest BCUT2D eigenvalue weighted by Crippen LogP contribution is -2.37. The Bertz CT molecular complexity index is 1100. The van der Waals surface area contributed by atoms with Crippen LogP contribution in [0.5, 0.6) is 0 Å². The number of carbonyl (C=O) groups excluding carboxylic acids is 1. The van der Waals surface area contributed by atoms with E-state index in [1.54, 1.807) is 23.0 Å². The third kappa shape index (κ3) is 4.72. The average Bonchev–Trinajstić information content (AvgIpc) is 3.20. The van der Waals surface area contributed by atoms with Gasteiger partial charge in [-0.05, 0) is 18.6 Å². The SMILES string of the molecule is Cc1cccc(Cn2nccc2NC(=O)c2cc([N+](=O)[O-])ccc2N2CCOCC2)c1. The number of hydrogen-bond donors (Lipinski definition) is 1. The van der Waals surface area contributed by atoms with Gasteiger partial charge in [0.15, 0.2) is 0 Å². The second kappa shape index (κ2) is 8.97. The Morgan fingerprint density at radius 3 is 2.74 bits per heavy atom. The molecule has 1 N–H and O–H groups in total. The molecule has 9 heteroatoms. The summed E-state index contributed by atoms with van der Waals surface area (Å²) in [6.45, 7) is 4.83. The Morgan fingerprint density at radius 2 is 2.00 bits per heavy atom. The van der Waals surface area contributed by atoms with Crippen molar-refractivity contribution in [3.8, 4) is 0 Å². The van der Waals surface area contributed by atoms with Crippen LogP contribution >= 0.6 is 0 Å². The highest BCUT2D eigenvalue weighted by Gasteiger charge is 2.23. The molecular formula is C22H23N5O4. The summed E-state index contributed by atoms with van der Waals surface area (Å²) in [5.41, 5.74) is 2.97. The Kier molecular flexibility index (Phi) is 5.94. The van der Waals surface area contributed by atoms with Crippen LogP contribution in [0.2, 0.25) is 0 Å². The number of benzene rings is 2. The van der Waals surface area contributed by atoms with Crippen molar-refractivity contribution in [2.24, 2.45) is 0 Å². The standard InChI is InChI=1S/C22H23N5O4/c1-16-3-2-4-17(13-16)15-26-21(7-8-23-26)24-22(28)19-14-18(27(29)30)5-6-20(19)25-9-11-31-12-10-25/h2-8,13-14H,9-12,15H2,1H3,(H,24,28). The molecule has 0 radical (unpaired) electrons. The summed E-state index contributed by atoms with van der Waals surface area (Å²) in [6, 6.07) is 14.1. The summed E-state index contributed by atoms with van der Waals surface area (Å²) in [7, 11) is 0. The molecular weight excluding hydrogens is 398 g/mol. The number of hydrogen-bond acceptors (Lipinski definition) is 6. The number of nitro benzene ring substituents is 1. The second-order valence-corrected chi connectivity index (χ2v) is 7.38. The van der Waals surface area contributed by atoms with E-state index in [-0.39, 0.29) is 11.3 Å². The van der Waals surface area contributed by atoms with E-state index >= 15 is 0 Å². The topological polar surface area (TPSA) is 103 Å². The molecule has 0 saturated carbocycles. The molecule has 160 valence electrons. The van der Waals surface area contributed by atoms with Crippen LogP contribution in [0.15, 0.2) is 54.7 Å². The molecule has 0 aliphatic carbocycles. The van der Waals surface area contributed by atoms with Crippen molar-refractivity contribution in [3.05, 3.63) is 81.5 Å². The first-order chi connectivity index (χ1) is 15.0. The molecule has 1 fully saturated rings. The zero-order valence-electron chi connectivity index (χ0n) is 17.2. The van der Waals surface area contributed by atoms with Crippen LogP contribution in [0.1, 0.15) is 21.5 Å². The molecule has 1 amide bonds. The lowest BCUT2D eigenvalue weighted by atomic mass is 10.1. The molecule has 1 aromatic heterocycles. The smallest absolute Gasteiger partial charge is 0.270 e. The summed E-state index contributed by atoms with van der Waals surface area (Å²) in [6.07, 6.45) is 1.61. The number of amides is 1. The number of nitrogens with one attached hydrogen (secondary N) is 1. The molecule has 9 nitrogen and oxygen atoms in total. The molecule has 2 aromatic carbocycles. The maximum absolute atomic E-state index is 13.2. The van der Waals surface area contributed by atoms with Gasteiger partial charge < -0.3 is 15.0 Å². The van der Waals surface area contributed by atoms with E-state index in [1.807, 2.05) is 30.0 Å². The fourth-order valence-corrected chi connectivity index (χ4v) is 3.63. The lowest BCUT2D eigenvalue weighted by molar-refractivity contribution is -0.384. The summed E-state index contributed by atoms with van der Waals surface area (Å²) in [4.78, 5) is 26.0. The number of morpholine rings is 1. The molecule has 1 saturated heterocycles. The first-order valence-electron chi connectivity index (χ1n) is 10.0. The Hall–Kier alpha value is -3.72. The fraction of sp³-hybridized carbons (Fsp3) is 0.273. The molecule has 0 unspecified atom stereocenters. The number of carbonyl (C=O) groups is 1. The summed E-state index contributed by atoms with van der Waals surface area (Å²) in [5, 5.41) is 18.5. The molecule has 3 aromatic rings. The van der Waals surface area contributed by atoms with Crippen LogP contribution in [-0.2, 0) is 11.3 Å². The van der Waals surface area contributed by atoms with Crippen molar-refractivity contribution in [2.45, 2.75) is 13.5 Å². The van der Waals surface area contributed by atoms with Gasteiger partial charge in [0, 0.05) is 31.3 Å². The van der Waals surface area contributed by atoms with Crippen molar-refractivity contribution >= 4 is 23.1 Å². The first-order valence-corrected chi connectivity index (χ1v) is 10.0. The number of ether oxygens (including phenoxy) is 1. The number of aromatic nitrogens is 2. The van der Waals surface area contributed by atoms with Gasteiger partial charge in [-0.3, -0.25) is 14.9 Å². The van der Waals surface area contributed by atoms with Gasteiger partial charge in [-0.2, -0.15) is 5.10 Å². The monoisotopic (exact) mass is 421 g/mol. The van der Waals surface area contributed by atoms with Crippen molar-refractivity contribution in [1.82, 2.24) is 9.78 Å². The van der Waals surface area contributed by atoms with Gasteiger partial charge in [0.05, 0.1) is 42.1 Å². The van der Waals surface area contributed by atoms with Gasteiger partial charge in [-0.15, -0.1) is 0 Å². The van der Waals surface area contributed by atoms with Gasteiger partial charge >= 0.3 is 0 Å². The number of nitrogens with zero attached hydrogens (tertiary/aromatic N) is 4. The largest absolute Gasteiger partial charge is 0.378 e. The van der Waals surface area contributed by atoms with Crippen molar-refractivity contribution < 1.29 is 14.5 Å². The number of non-ortho nitro benzene ring substituents is 1. The van der Waals surface area contributed by atoms with Crippen LogP contribution in [0.25, 0.3) is 0 Å². The van der Waals surface area contributed by atoms with E-state index in [0.717, 1.165) is 11.1 Å². The third-order valence-electron chi connectivity index (χ3n) is 5.16. The van der Waals surface area contributed by atoms with Gasteiger partial charge in [0.2, 0.25) is 0 Å². The Morgan fingerprint density at radius 1 is 1.19 bits per heavy atom. The minimum atomic E-state index is -0.498. The van der Waals surface area contributed by atoms with Crippen molar-refractivity contribution in [3.63, 3.8) is 0 Å². The van der Waals surface area contributed by atoms with Crippen LogP contribution < -0.4 is 10.2 Å². The maximum Gasteiger partial charge on any atom is 0.270 e. The molecule has 1 aliphatic heterocycles. The summed E-state index contributed by atoms with van der Waals surface area (Å²) < 4.78 is 7.08. The minimum absolute atomic E-state index is 0.129. The summed E-state index contributed by atoms with van der Waals surface area (Å²) >= 11 is 0. The quantitative estimate of drug-likeness (QED) is 0.484. The predicted octanol–water partition coefficient (Wildman–Crippen LogP) is 3.24. The van der Waals surface area contributed by atoms with Crippen LogP contribution in [-0.4, -0.2) is 46.9 Å². The third-order valence-corrected chi connectivity index (χ3v) is 5.16. The molecule has 1 aliphatic rings. The Balaban J connectivity index is 1.60. The second-order valence-electron chi connectivity index (χ2n) is 7.38. The van der Waals surface area contributed by atoms with Crippen LogP contribution in [0.3, 0.4) is 0 Å². The molecule has 0 spiro atoms. The van der Waals surface area contributed by atoms with E-state index in [4.69, 9.17) is 4.74 Å². The number of aryl methyl sites for hydroxylation is 1. The van der Waals surface area contributed by atoms with Gasteiger partial charge in [-0.1, -0.05) is 29.8 Å². The van der Waals surface area contributed by atoms with Crippen LogP contribution in [0.4, 0.5) is 17.2 Å². The van der Waals surface area contributed by atoms with Crippen molar-refractivity contribution in [2.75, 3.05) is 36.5 Å². The first kappa shape index (κ1) is 20.5. The van der Waals surface area contributed by atoms with E-state index < -0.39 is 10.8 Å². The lowest BCUT2D eigenvalue weighted by Gasteiger charge is -2.30. The Labute approximate surface area is 179 Å².